The lowest BCUT2D eigenvalue weighted by Gasteiger charge is -2.14. The Balaban J connectivity index is 1.57. The van der Waals surface area contributed by atoms with Gasteiger partial charge in [-0.25, -0.2) is 9.79 Å². The number of nitro benzene ring substituents is 1. The van der Waals surface area contributed by atoms with Crippen molar-refractivity contribution >= 4 is 35.2 Å². The fourth-order valence-corrected chi connectivity index (χ4v) is 3.29. The van der Waals surface area contributed by atoms with Gasteiger partial charge in [-0.1, -0.05) is 11.6 Å². The van der Waals surface area contributed by atoms with Crippen molar-refractivity contribution in [3.8, 4) is 11.5 Å². The molecule has 2 aromatic carbocycles. The van der Waals surface area contributed by atoms with Crippen molar-refractivity contribution in [2.75, 3.05) is 6.61 Å². The van der Waals surface area contributed by atoms with E-state index in [0.29, 0.717) is 29.4 Å². The molecule has 0 unspecified atom stereocenters. The predicted octanol–water partition coefficient (Wildman–Crippen LogP) is 5.16. The number of nitrogens with zero attached hydrogens (tertiary/aromatic N) is 2. The highest BCUT2D eigenvalue weighted by Crippen LogP contribution is 2.38. The number of non-ortho nitro benzene ring substituents is 1. The third-order valence-corrected chi connectivity index (χ3v) is 4.80. The maximum Gasteiger partial charge on any atom is 0.363 e. The Kier molecular flexibility index (Phi) is 6.41. The molecule has 1 aliphatic rings. The first-order valence-corrected chi connectivity index (χ1v) is 10.2. The first kappa shape index (κ1) is 22.1. The van der Waals surface area contributed by atoms with Gasteiger partial charge in [-0.2, -0.15) is 0 Å². The molecule has 0 saturated heterocycles. The summed E-state index contributed by atoms with van der Waals surface area (Å²) in [6.07, 6.45) is 2.98. The molecule has 168 valence electrons. The molecule has 10 heteroatoms. The highest BCUT2D eigenvalue weighted by atomic mass is 35.5. The van der Waals surface area contributed by atoms with Gasteiger partial charge in [0.15, 0.2) is 23.0 Å². The number of hydrogen-bond acceptors (Lipinski definition) is 8. The van der Waals surface area contributed by atoms with E-state index in [9.17, 15) is 14.9 Å². The zero-order valence-corrected chi connectivity index (χ0v) is 18.1. The van der Waals surface area contributed by atoms with E-state index in [1.165, 1.54) is 24.5 Å². The second kappa shape index (κ2) is 9.58. The Morgan fingerprint density at radius 3 is 2.64 bits per heavy atom. The van der Waals surface area contributed by atoms with Crippen LogP contribution in [0.15, 0.2) is 69.9 Å². The molecule has 2 heterocycles. The number of aliphatic imine (C=N–C) groups is 1. The van der Waals surface area contributed by atoms with Gasteiger partial charge in [0.2, 0.25) is 0 Å². The molecule has 4 rings (SSSR count). The van der Waals surface area contributed by atoms with Crippen LogP contribution in [-0.4, -0.2) is 23.4 Å². The Morgan fingerprint density at radius 2 is 1.97 bits per heavy atom. The van der Waals surface area contributed by atoms with Crippen molar-refractivity contribution in [2.24, 2.45) is 4.99 Å². The molecule has 33 heavy (non-hydrogen) atoms. The van der Waals surface area contributed by atoms with Gasteiger partial charge in [0, 0.05) is 12.1 Å². The molecule has 0 N–H and O–H groups in total. The zero-order valence-electron chi connectivity index (χ0n) is 17.3. The molecule has 1 aliphatic heterocycles. The number of rotatable bonds is 8. The number of nitro groups is 1. The maximum absolute atomic E-state index is 12.2. The van der Waals surface area contributed by atoms with Crippen molar-refractivity contribution in [1.82, 2.24) is 0 Å². The standard InChI is InChI=1S/C23H17ClN2O7/c1-2-30-20-12-15(11-18-23(27)33-22(25-18)19-4-3-9-31-19)10-17(24)21(20)32-13-14-5-7-16(8-6-14)26(28)29/h3-12H,2,13H2,1H3/b18-11-. The van der Waals surface area contributed by atoms with Gasteiger partial charge in [0.1, 0.15) is 6.61 Å². The Bertz CT molecular complexity index is 1250. The van der Waals surface area contributed by atoms with Gasteiger partial charge >= 0.3 is 5.97 Å². The third-order valence-electron chi connectivity index (χ3n) is 4.52. The molecule has 9 nitrogen and oxygen atoms in total. The van der Waals surface area contributed by atoms with Crippen LogP contribution >= 0.6 is 11.6 Å². The molecule has 0 bridgehead atoms. The SMILES string of the molecule is CCOc1cc(/C=C2\N=C(c3ccco3)OC2=O)cc(Cl)c1OCc1ccc([N+](=O)[O-])cc1. The van der Waals surface area contributed by atoms with E-state index in [-0.39, 0.29) is 28.9 Å². The second-order valence-electron chi connectivity index (χ2n) is 6.79. The lowest BCUT2D eigenvalue weighted by atomic mass is 10.1. The number of cyclic esters (lactones) is 1. The largest absolute Gasteiger partial charge is 0.490 e. The first-order valence-electron chi connectivity index (χ1n) is 9.83. The first-order chi connectivity index (χ1) is 15.9. The summed E-state index contributed by atoms with van der Waals surface area (Å²) in [5.74, 6) is 0.493. The minimum absolute atomic E-state index is 0.00696. The van der Waals surface area contributed by atoms with Crippen LogP contribution in [0.5, 0.6) is 11.5 Å². The van der Waals surface area contributed by atoms with E-state index in [1.807, 2.05) is 6.92 Å². The average Bonchev–Trinajstić information content (AvgIpc) is 3.44. The highest BCUT2D eigenvalue weighted by molar-refractivity contribution is 6.32. The Labute approximate surface area is 193 Å². The van der Waals surface area contributed by atoms with Crippen molar-refractivity contribution in [3.05, 3.63) is 92.5 Å². The summed E-state index contributed by atoms with van der Waals surface area (Å²) < 4.78 is 21.9. The minimum atomic E-state index is -0.617. The summed E-state index contributed by atoms with van der Waals surface area (Å²) in [5, 5.41) is 11.1. The van der Waals surface area contributed by atoms with Gasteiger partial charge < -0.3 is 18.6 Å². The van der Waals surface area contributed by atoms with E-state index >= 15 is 0 Å². The number of carbonyl (C=O) groups excluding carboxylic acids is 1. The van der Waals surface area contributed by atoms with Crippen LogP contribution in [0.1, 0.15) is 23.8 Å². The fraction of sp³-hybridized carbons (Fsp3) is 0.130. The van der Waals surface area contributed by atoms with Crippen LogP contribution in [0.2, 0.25) is 5.02 Å². The van der Waals surface area contributed by atoms with Gasteiger partial charge in [-0.05, 0) is 60.5 Å². The normalized spacial score (nSPS) is 14.2. The fourth-order valence-electron chi connectivity index (χ4n) is 3.02. The van der Waals surface area contributed by atoms with E-state index < -0.39 is 10.9 Å². The molecule has 0 saturated carbocycles. The molecular weight excluding hydrogens is 452 g/mol. The lowest BCUT2D eigenvalue weighted by molar-refractivity contribution is -0.384. The van der Waals surface area contributed by atoms with Crippen LogP contribution < -0.4 is 9.47 Å². The van der Waals surface area contributed by atoms with Crippen LogP contribution in [0.25, 0.3) is 6.08 Å². The minimum Gasteiger partial charge on any atom is -0.490 e. The second-order valence-corrected chi connectivity index (χ2v) is 7.20. The summed E-state index contributed by atoms with van der Waals surface area (Å²) >= 11 is 6.44. The quantitative estimate of drug-likeness (QED) is 0.194. The number of furan rings is 1. The topological polar surface area (TPSA) is 113 Å². The molecule has 0 spiro atoms. The van der Waals surface area contributed by atoms with Crippen LogP contribution in [0.3, 0.4) is 0 Å². The summed E-state index contributed by atoms with van der Waals surface area (Å²) in [7, 11) is 0. The van der Waals surface area contributed by atoms with E-state index in [1.54, 1.807) is 36.4 Å². The third kappa shape index (κ3) is 5.04. The zero-order chi connectivity index (χ0) is 23.4. The molecular formula is C23H17ClN2O7. The van der Waals surface area contributed by atoms with E-state index in [4.69, 9.17) is 30.2 Å². The monoisotopic (exact) mass is 468 g/mol. The molecule has 0 atom stereocenters. The van der Waals surface area contributed by atoms with Crippen molar-refractivity contribution < 1.29 is 28.3 Å². The predicted molar refractivity (Wildman–Crippen MR) is 119 cm³/mol. The molecule has 0 aliphatic carbocycles. The molecule has 3 aromatic rings. The average molecular weight is 469 g/mol. The molecule has 0 radical (unpaired) electrons. The Morgan fingerprint density at radius 1 is 1.18 bits per heavy atom. The molecule has 0 amide bonds. The van der Waals surface area contributed by atoms with Gasteiger partial charge in [-0.15, -0.1) is 0 Å². The summed E-state index contributed by atoms with van der Waals surface area (Å²) in [5.41, 5.74) is 1.35. The van der Waals surface area contributed by atoms with E-state index in [2.05, 4.69) is 4.99 Å². The van der Waals surface area contributed by atoms with Crippen LogP contribution in [0.4, 0.5) is 5.69 Å². The number of halogens is 1. The number of hydrogen-bond donors (Lipinski definition) is 0. The highest BCUT2D eigenvalue weighted by Gasteiger charge is 2.26. The molecule has 0 fully saturated rings. The van der Waals surface area contributed by atoms with Gasteiger partial charge in [0.05, 0.1) is 22.8 Å². The van der Waals surface area contributed by atoms with E-state index in [0.717, 1.165) is 5.56 Å². The number of ether oxygens (including phenoxy) is 3. The lowest BCUT2D eigenvalue weighted by Crippen LogP contribution is -2.04. The number of esters is 1. The number of benzene rings is 2. The van der Waals surface area contributed by atoms with Crippen molar-refractivity contribution in [1.29, 1.82) is 0 Å². The van der Waals surface area contributed by atoms with Crippen LogP contribution in [-0.2, 0) is 16.1 Å². The smallest absolute Gasteiger partial charge is 0.363 e. The molecule has 1 aromatic heterocycles. The van der Waals surface area contributed by atoms with Crippen molar-refractivity contribution in [2.45, 2.75) is 13.5 Å². The summed E-state index contributed by atoms with van der Waals surface area (Å²) in [6.45, 7) is 2.29. The summed E-state index contributed by atoms with van der Waals surface area (Å²) in [4.78, 5) is 26.7. The Hall–Kier alpha value is -4.11. The summed E-state index contributed by atoms with van der Waals surface area (Å²) in [6, 6.07) is 12.6. The van der Waals surface area contributed by atoms with Gasteiger partial charge in [-0.3, -0.25) is 10.1 Å². The maximum atomic E-state index is 12.2. The van der Waals surface area contributed by atoms with Crippen molar-refractivity contribution in [3.63, 3.8) is 0 Å². The van der Waals surface area contributed by atoms with Gasteiger partial charge in [0.25, 0.3) is 11.6 Å². The number of carbonyl (C=O) groups is 1. The van der Waals surface area contributed by atoms with Crippen LogP contribution in [0, 0.1) is 10.1 Å².